The number of sulfonamides is 1. The Balaban J connectivity index is 2.68. The molecular weight excluding hydrogens is 314 g/mol. The summed E-state index contributed by atoms with van der Waals surface area (Å²) in [6.07, 6.45) is 0. The fourth-order valence-electron chi connectivity index (χ4n) is 2.14. The molecule has 0 aliphatic carbocycles. The minimum atomic E-state index is -3.56. The highest BCUT2D eigenvalue weighted by Crippen LogP contribution is 2.16. The number of hydrogen-bond acceptors (Lipinski definition) is 4. The monoisotopic (exact) mass is 341 g/mol. The third-order valence-electron chi connectivity index (χ3n) is 3.57. The first-order valence-corrected chi connectivity index (χ1v) is 9.09. The maximum atomic E-state index is 12.4. The zero-order chi connectivity index (χ0) is 17.6. The molecular formula is C16H27N3O3S. The van der Waals surface area contributed by atoms with Gasteiger partial charge in [-0.25, -0.2) is 13.1 Å². The molecule has 0 fully saturated rings. The Kier molecular flexibility index (Phi) is 7.18. The van der Waals surface area contributed by atoms with Crippen LogP contribution in [0.25, 0.3) is 0 Å². The lowest BCUT2D eigenvalue weighted by Crippen LogP contribution is -2.40. The molecule has 1 aromatic rings. The van der Waals surface area contributed by atoms with E-state index in [1.807, 2.05) is 32.0 Å². The first kappa shape index (κ1) is 19.6. The van der Waals surface area contributed by atoms with Gasteiger partial charge in [0.2, 0.25) is 15.9 Å². The second kappa shape index (κ2) is 8.42. The average Bonchev–Trinajstić information content (AvgIpc) is 2.44. The summed E-state index contributed by atoms with van der Waals surface area (Å²) < 4.78 is 27.4. The van der Waals surface area contributed by atoms with E-state index in [1.165, 1.54) is 6.92 Å². The summed E-state index contributed by atoms with van der Waals surface area (Å²) in [6.45, 7) is 6.99. The summed E-state index contributed by atoms with van der Waals surface area (Å²) in [7, 11) is 0.300. The second-order valence-corrected chi connectivity index (χ2v) is 7.71. The van der Waals surface area contributed by atoms with Crippen molar-refractivity contribution >= 4 is 15.9 Å². The van der Waals surface area contributed by atoms with Crippen molar-refractivity contribution in [3.63, 3.8) is 0 Å². The van der Waals surface area contributed by atoms with Gasteiger partial charge in [0.05, 0.1) is 4.90 Å². The smallest absolute Gasteiger partial charge is 0.240 e. The average molecular weight is 341 g/mol. The third-order valence-corrected chi connectivity index (χ3v) is 5.17. The number of nitrogens with one attached hydrogen (secondary N) is 1. The van der Waals surface area contributed by atoms with Gasteiger partial charge < -0.3 is 9.80 Å². The molecule has 0 saturated carbocycles. The van der Waals surface area contributed by atoms with E-state index in [0.717, 1.165) is 12.1 Å². The van der Waals surface area contributed by atoms with E-state index in [-0.39, 0.29) is 12.5 Å². The number of likely N-dealkylation sites (N-methyl/N-ethyl adjacent to an activating group) is 1. The molecule has 0 aliphatic heterocycles. The molecule has 0 atom stereocenters. The van der Waals surface area contributed by atoms with Gasteiger partial charge in [-0.15, -0.1) is 0 Å². The zero-order valence-electron chi connectivity index (χ0n) is 14.6. The largest absolute Gasteiger partial charge is 0.340 e. The zero-order valence-corrected chi connectivity index (χ0v) is 15.4. The Morgan fingerprint density at radius 1 is 1.13 bits per heavy atom. The SMILES string of the molecule is CC(=O)N(CCNS(=O)(=O)c1cc(C)ccc1C)CCN(C)C. The van der Waals surface area contributed by atoms with Gasteiger partial charge in [-0.1, -0.05) is 12.1 Å². The summed E-state index contributed by atoms with van der Waals surface area (Å²) in [6, 6.07) is 5.34. The third kappa shape index (κ3) is 6.29. The van der Waals surface area contributed by atoms with Crippen molar-refractivity contribution in [3.05, 3.63) is 29.3 Å². The number of benzene rings is 1. The molecule has 6 nitrogen and oxygen atoms in total. The number of nitrogens with zero attached hydrogens (tertiary/aromatic N) is 2. The molecule has 1 aromatic carbocycles. The standard InChI is InChI=1S/C16H27N3O3S/c1-13-6-7-14(2)16(12-13)23(21,22)17-8-9-19(15(3)20)11-10-18(4)5/h6-7,12,17H,8-11H2,1-5H3. The van der Waals surface area contributed by atoms with Gasteiger partial charge in [0.25, 0.3) is 0 Å². The van der Waals surface area contributed by atoms with Crippen LogP contribution >= 0.6 is 0 Å². The van der Waals surface area contributed by atoms with E-state index >= 15 is 0 Å². The Morgan fingerprint density at radius 2 is 1.78 bits per heavy atom. The number of amides is 1. The molecule has 0 bridgehead atoms. The lowest BCUT2D eigenvalue weighted by Gasteiger charge is -2.23. The molecule has 1 N–H and O–H groups in total. The van der Waals surface area contributed by atoms with Gasteiger partial charge in [-0.05, 0) is 45.1 Å². The summed E-state index contributed by atoms with van der Waals surface area (Å²) in [5, 5.41) is 0. The maximum Gasteiger partial charge on any atom is 0.240 e. The Morgan fingerprint density at radius 3 is 2.35 bits per heavy atom. The molecule has 0 unspecified atom stereocenters. The molecule has 0 saturated heterocycles. The van der Waals surface area contributed by atoms with Gasteiger partial charge >= 0.3 is 0 Å². The molecule has 0 radical (unpaired) electrons. The minimum absolute atomic E-state index is 0.0576. The predicted molar refractivity (Wildman–Crippen MR) is 91.9 cm³/mol. The molecule has 23 heavy (non-hydrogen) atoms. The van der Waals surface area contributed by atoms with E-state index in [0.29, 0.717) is 23.5 Å². The number of aryl methyl sites for hydroxylation is 2. The molecule has 130 valence electrons. The fourth-order valence-corrected chi connectivity index (χ4v) is 3.49. The number of rotatable bonds is 8. The first-order chi connectivity index (χ1) is 10.6. The van der Waals surface area contributed by atoms with Crippen LogP contribution in [0.4, 0.5) is 0 Å². The number of carbonyl (C=O) groups excluding carboxylic acids is 1. The highest BCUT2D eigenvalue weighted by Gasteiger charge is 2.17. The van der Waals surface area contributed by atoms with Crippen LogP contribution in [0.5, 0.6) is 0 Å². The lowest BCUT2D eigenvalue weighted by atomic mass is 10.2. The van der Waals surface area contributed by atoms with Crippen LogP contribution in [0.1, 0.15) is 18.1 Å². The van der Waals surface area contributed by atoms with Crippen molar-refractivity contribution in [3.8, 4) is 0 Å². The van der Waals surface area contributed by atoms with Gasteiger partial charge in [0.1, 0.15) is 0 Å². The van der Waals surface area contributed by atoms with Crippen molar-refractivity contribution in [2.45, 2.75) is 25.7 Å². The molecule has 0 spiro atoms. The van der Waals surface area contributed by atoms with Gasteiger partial charge in [0, 0.05) is 33.1 Å². The molecule has 0 aromatic heterocycles. The molecule has 0 heterocycles. The summed E-state index contributed by atoms with van der Waals surface area (Å²) in [4.78, 5) is 15.5. The number of carbonyl (C=O) groups is 1. The Hall–Kier alpha value is -1.44. The van der Waals surface area contributed by atoms with Crippen LogP contribution in [-0.4, -0.2) is 64.4 Å². The van der Waals surface area contributed by atoms with E-state index in [9.17, 15) is 13.2 Å². The van der Waals surface area contributed by atoms with Crippen molar-refractivity contribution in [1.29, 1.82) is 0 Å². The second-order valence-electron chi connectivity index (χ2n) is 5.98. The summed E-state index contributed by atoms with van der Waals surface area (Å²) >= 11 is 0. The van der Waals surface area contributed by atoms with Crippen molar-refractivity contribution in [2.75, 3.05) is 40.3 Å². The van der Waals surface area contributed by atoms with E-state index in [2.05, 4.69) is 4.72 Å². The van der Waals surface area contributed by atoms with Crippen LogP contribution in [0.2, 0.25) is 0 Å². The predicted octanol–water partition coefficient (Wildman–Crippen LogP) is 0.992. The van der Waals surface area contributed by atoms with Crippen LogP contribution < -0.4 is 4.72 Å². The molecule has 1 amide bonds. The summed E-state index contributed by atoms with van der Waals surface area (Å²) in [5.74, 6) is -0.0576. The molecule has 0 aliphatic rings. The fraction of sp³-hybridized carbons (Fsp3) is 0.562. The van der Waals surface area contributed by atoms with Gasteiger partial charge in [-0.2, -0.15) is 0 Å². The topological polar surface area (TPSA) is 69.7 Å². The lowest BCUT2D eigenvalue weighted by molar-refractivity contribution is -0.128. The van der Waals surface area contributed by atoms with Crippen LogP contribution in [0, 0.1) is 13.8 Å². The molecule has 1 rings (SSSR count). The van der Waals surface area contributed by atoms with E-state index in [4.69, 9.17) is 0 Å². The highest BCUT2D eigenvalue weighted by atomic mass is 32.2. The van der Waals surface area contributed by atoms with Crippen LogP contribution in [0.3, 0.4) is 0 Å². The van der Waals surface area contributed by atoms with Crippen molar-refractivity contribution < 1.29 is 13.2 Å². The minimum Gasteiger partial charge on any atom is -0.340 e. The quantitative estimate of drug-likeness (QED) is 0.766. The normalized spacial score (nSPS) is 11.7. The van der Waals surface area contributed by atoms with Gasteiger partial charge in [0.15, 0.2) is 0 Å². The van der Waals surface area contributed by atoms with Crippen molar-refractivity contribution in [1.82, 2.24) is 14.5 Å². The summed E-state index contributed by atoms with van der Waals surface area (Å²) in [5.41, 5.74) is 1.60. The maximum absolute atomic E-state index is 12.4. The molecule has 7 heteroatoms. The van der Waals surface area contributed by atoms with Gasteiger partial charge in [-0.3, -0.25) is 4.79 Å². The van der Waals surface area contributed by atoms with Crippen LogP contribution in [-0.2, 0) is 14.8 Å². The van der Waals surface area contributed by atoms with Crippen LogP contribution in [0.15, 0.2) is 23.1 Å². The first-order valence-electron chi connectivity index (χ1n) is 7.60. The Bertz CT molecular complexity index is 642. The Labute approximate surface area is 139 Å². The van der Waals surface area contributed by atoms with E-state index < -0.39 is 10.0 Å². The highest BCUT2D eigenvalue weighted by molar-refractivity contribution is 7.89. The number of hydrogen-bond donors (Lipinski definition) is 1. The van der Waals surface area contributed by atoms with E-state index in [1.54, 1.807) is 24.0 Å². The van der Waals surface area contributed by atoms with Crippen molar-refractivity contribution in [2.24, 2.45) is 0 Å².